The van der Waals surface area contributed by atoms with E-state index in [1.54, 1.807) is 0 Å². The van der Waals surface area contributed by atoms with Crippen LogP contribution in [0.5, 0.6) is 0 Å². The van der Waals surface area contributed by atoms with Gasteiger partial charge < -0.3 is 10.2 Å². The van der Waals surface area contributed by atoms with E-state index in [2.05, 4.69) is 0 Å². The van der Waals surface area contributed by atoms with E-state index in [9.17, 15) is 9.59 Å². The molecule has 64 valence electrons. The quantitative estimate of drug-likeness (QED) is 0.390. The first-order valence-electron chi connectivity index (χ1n) is 2.43. The summed E-state index contributed by atoms with van der Waals surface area (Å²) in [6.45, 7) is 0. The molecule has 0 unspecified atom stereocenters. The van der Waals surface area contributed by atoms with E-state index in [1.807, 2.05) is 0 Å². The standard InChI is InChI=1S/C6H6O4.Ni/c7-5(8)3-1-2-4-6(9)10;/h1-4H,(H,7,8)(H,9,10);/b3-1-,4-2-;. The van der Waals surface area contributed by atoms with Crippen LogP contribution in [-0.2, 0) is 26.1 Å². The molecule has 2 N–H and O–H groups in total. The number of hydrogen-bond donors (Lipinski definition) is 2. The summed E-state index contributed by atoms with van der Waals surface area (Å²) < 4.78 is 0. The van der Waals surface area contributed by atoms with Gasteiger partial charge in [-0.1, -0.05) is 12.2 Å². The van der Waals surface area contributed by atoms with Gasteiger partial charge in [-0.25, -0.2) is 9.59 Å². The van der Waals surface area contributed by atoms with Gasteiger partial charge in [-0.05, 0) is 0 Å². The summed E-state index contributed by atoms with van der Waals surface area (Å²) in [6.07, 6.45) is 3.96. The Labute approximate surface area is 73.1 Å². The summed E-state index contributed by atoms with van der Waals surface area (Å²) >= 11 is 0. The first kappa shape index (κ1) is 12.6. The van der Waals surface area contributed by atoms with E-state index in [1.165, 1.54) is 0 Å². The van der Waals surface area contributed by atoms with Crippen LogP contribution < -0.4 is 0 Å². The average molecular weight is 201 g/mol. The second kappa shape index (κ2) is 7.03. The number of carbonyl (C=O) groups is 2. The Kier molecular flexibility index (Phi) is 8.03. The number of carboxylic acids is 2. The molecule has 0 radical (unpaired) electrons. The van der Waals surface area contributed by atoms with Gasteiger partial charge in [0.15, 0.2) is 0 Å². The first-order valence-corrected chi connectivity index (χ1v) is 2.43. The van der Waals surface area contributed by atoms with E-state index < -0.39 is 11.9 Å². The molecule has 0 bridgehead atoms. The van der Waals surface area contributed by atoms with Gasteiger partial charge in [0.25, 0.3) is 0 Å². The number of rotatable bonds is 3. The van der Waals surface area contributed by atoms with Crippen molar-refractivity contribution in [1.82, 2.24) is 0 Å². The van der Waals surface area contributed by atoms with Crippen molar-refractivity contribution in [2.45, 2.75) is 0 Å². The summed E-state index contributed by atoms with van der Waals surface area (Å²) in [5.74, 6) is -2.20. The maximum absolute atomic E-state index is 9.78. The molecular weight excluding hydrogens is 195 g/mol. The van der Waals surface area contributed by atoms with Crippen molar-refractivity contribution in [3.05, 3.63) is 24.3 Å². The Balaban J connectivity index is 0. The monoisotopic (exact) mass is 200 g/mol. The van der Waals surface area contributed by atoms with Crippen LogP contribution in [0.1, 0.15) is 0 Å². The molecule has 0 aromatic rings. The van der Waals surface area contributed by atoms with Crippen LogP contribution >= 0.6 is 0 Å². The predicted octanol–water partition coefficient (Wildman–Crippen LogP) is 0.266. The van der Waals surface area contributed by atoms with Gasteiger partial charge in [-0.15, -0.1) is 0 Å². The molecule has 0 aliphatic rings. The fraction of sp³-hybridized carbons (Fsp3) is 0. The van der Waals surface area contributed by atoms with Gasteiger partial charge in [0, 0.05) is 28.6 Å². The third-order valence-electron chi connectivity index (χ3n) is 0.589. The van der Waals surface area contributed by atoms with E-state index >= 15 is 0 Å². The Morgan fingerprint density at radius 2 is 1.18 bits per heavy atom. The van der Waals surface area contributed by atoms with E-state index in [0.29, 0.717) is 0 Å². The van der Waals surface area contributed by atoms with Gasteiger partial charge in [0.2, 0.25) is 0 Å². The molecule has 0 saturated carbocycles. The Morgan fingerprint density at radius 3 is 1.36 bits per heavy atom. The van der Waals surface area contributed by atoms with Crippen molar-refractivity contribution < 1.29 is 36.3 Å². The normalized spacial score (nSPS) is 9.82. The summed E-state index contributed by atoms with van der Waals surface area (Å²) in [7, 11) is 0. The number of hydrogen-bond acceptors (Lipinski definition) is 2. The number of allylic oxidation sites excluding steroid dienone is 2. The van der Waals surface area contributed by atoms with Crippen LogP contribution in [0.25, 0.3) is 0 Å². The zero-order valence-electron chi connectivity index (χ0n) is 5.34. The molecule has 0 aromatic carbocycles. The molecule has 5 heteroatoms. The van der Waals surface area contributed by atoms with Crippen molar-refractivity contribution >= 4 is 11.9 Å². The maximum Gasteiger partial charge on any atom is 0.328 e. The molecule has 0 amide bonds. The van der Waals surface area contributed by atoms with E-state index in [-0.39, 0.29) is 16.5 Å². The smallest absolute Gasteiger partial charge is 0.328 e. The minimum absolute atomic E-state index is 0. The topological polar surface area (TPSA) is 74.6 Å². The third kappa shape index (κ3) is 12.2. The second-order valence-corrected chi connectivity index (χ2v) is 1.39. The molecule has 0 atom stereocenters. The zero-order valence-corrected chi connectivity index (χ0v) is 6.32. The first-order chi connectivity index (χ1) is 4.63. The minimum Gasteiger partial charge on any atom is -0.478 e. The Hall–Kier alpha value is -1.09. The molecule has 0 heterocycles. The van der Waals surface area contributed by atoms with Gasteiger partial charge in [0.05, 0.1) is 0 Å². The predicted molar refractivity (Wildman–Crippen MR) is 33.6 cm³/mol. The maximum atomic E-state index is 9.78. The molecule has 0 rings (SSSR count). The number of aliphatic carboxylic acids is 2. The van der Waals surface area contributed by atoms with Crippen LogP contribution in [0.2, 0.25) is 0 Å². The van der Waals surface area contributed by atoms with E-state index in [0.717, 1.165) is 24.3 Å². The molecule has 0 aliphatic heterocycles. The van der Waals surface area contributed by atoms with E-state index in [4.69, 9.17) is 10.2 Å². The third-order valence-corrected chi connectivity index (χ3v) is 0.589. The van der Waals surface area contributed by atoms with Crippen LogP contribution in [0, 0.1) is 0 Å². The fourth-order valence-corrected chi connectivity index (χ4v) is 0.276. The van der Waals surface area contributed by atoms with Gasteiger partial charge >= 0.3 is 11.9 Å². The van der Waals surface area contributed by atoms with Gasteiger partial charge in [0.1, 0.15) is 0 Å². The van der Waals surface area contributed by atoms with Crippen LogP contribution in [-0.4, -0.2) is 22.2 Å². The largest absolute Gasteiger partial charge is 0.478 e. The Morgan fingerprint density at radius 1 is 0.909 bits per heavy atom. The molecule has 0 aromatic heterocycles. The van der Waals surface area contributed by atoms with Gasteiger partial charge in [-0.2, -0.15) is 0 Å². The average Bonchev–Trinajstić information content (AvgIpc) is 1.79. The molecule has 4 nitrogen and oxygen atoms in total. The second-order valence-electron chi connectivity index (χ2n) is 1.39. The molecule has 0 fully saturated rings. The molecular formula is C6H6NiO4. The van der Waals surface area contributed by atoms with Gasteiger partial charge in [-0.3, -0.25) is 0 Å². The summed E-state index contributed by atoms with van der Waals surface area (Å²) in [4.78, 5) is 19.6. The SMILES string of the molecule is O=C(O)/C=C\C=C/C(=O)O.[Ni]. The van der Waals surface area contributed by atoms with Crippen molar-refractivity contribution in [3.8, 4) is 0 Å². The number of carboxylic acid groups (broad SMARTS) is 2. The Bertz CT molecular complexity index is 173. The van der Waals surface area contributed by atoms with Crippen LogP contribution in [0.3, 0.4) is 0 Å². The minimum atomic E-state index is -1.10. The molecule has 0 saturated heterocycles. The van der Waals surface area contributed by atoms with Crippen molar-refractivity contribution in [2.75, 3.05) is 0 Å². The van der Waals surface area contributed by atoms with Crippen molar-refractivity contribution in [2.24, 2.45) is 0 Å². The molecule has 11 heavy (non-hydrogen) atoms. The fourth-order valence-electron chi connectivity index (χ4n) is 0.276. The summed E-state index contributed by atoms with van der Waals surface area (Å²) in [6, 6.07) is 0. The van der Waals surface area contributed by atoms with Crippen LogP contribution in [0.15, 0.2) is 24.3 Å². The zero-order chi connectivity index (χ0) is 7.98. The van der Waals surface area contributed by atoms with Crippen LogP contribution in [0.4, 0.5) is 0 Å². The molecule has 0 aliphatic carbocycles. The summed E-state index contributed by atoms with van der Waals surface area (Å²) in [5.41, 5.74) is 0. The van der Waals surface area contributed by atoms with Crippen molar-refractivity contribution in [1.29, 1.82) is 0 Å². The summed E-state index contributed by atoms with van der Waals surface area (Å²) in [5, 5.41) is 16.0. The molecule has 0 spiro atoms. The van der Waals surface area contributed by atoms with Crippen molar-refractivity contribution in [3.63, 3.8) is 0 Å².